The van der Waals surface area contributed by atoms with Gasteiger partial charge >= 0.3 is 0 Å². The quantitative estimate of drug-likeness (QED) is 0.861. The average Bonchev–Trinajstić information content (AvgIpc) is 2.82. The number of hydrogen-bond donors (Lipinski definition) is 1. The van der Waals surface area contributed by atoms with Gasteiger partial charge in [-0.05, 0) is 25.8 Å². The van der Waals surface area contributed by atoms with Gasteiger partial charge in [-0.2, -0.15) is 5.10 Å². The van der Waals surface area contributed by atoms with Gasteiger partial charge in [-0.3, -0.25) is 4.68 Å². The highest BCUT2D eigenvalue weighted by Crippen LogP contribution is 2.25. The molecule has 4 nitrogen and oxygen atoms in total. The standard InChI is InChI=1S/C13H24N4/c1-10(2)14-7-12-5-6-17(8-12)13-9-16(4)15-11(13)3/h9-10,12,14H,5-8H2,1-4H3. The van der Waals surface area contributed by atoms with Crippen LogP contribution in [0, 0.1) is 12.8 Å². The lowest BCUT2D eigenvalue weighted by atomic mass is 10.1. The molecule has 0 radical (unpaired) electrons. The molecule has 1 fully saturated rings. The zero-order valence-corrected chi connectivity index (χ0v) is 11.4. The summed E-state index contributed by atoms with van der Waals surface area (Å²) in [5, 5.41) is 7.95. The summed E-state index contributed by atoms with van der Waals surface area (Å²) in [4.78, 5) is 2.47. The molecule has 2 heterocycles. The Bertz CT molecular complexity index is 369. The van der Waals surface area contributed by atoms with Crippen molar-refractivity contribution in [2.45, 2.75) is 33.2 Å². The van der Waals surface area contributed by atoms with Crippen LogP contribution >= 0.6 is 0 Å². The highest BCUT2D eigenvalue weighted by atomic mass is 15.3. The molecule has 0 amide bonds. The van der Waals surface area contributed by atoms with Crippen LogP contribution in [0.2, 0.25) is 0 Å². The summed E-state index contributed by atoms with van der Waals surface area (Å²) in [5.41, 5.74) is 2.45. The van der Waals surface area contributed by atoms with Crippen LogP contribution in [0.25, 0.3) is 0 Å². The number of aromatic nitrogens is 2. The molecule has 1 aromatic rings. The lowest BCUT2D eigenvalue weighted by molar-refractivity contribution is 0.480. The van der Waals surface area contributed by atoms with E-state index in [9.17, 15) is 0 Å². The molecule has 1 aliphatic heterocycles. The number of nitrogens with zero attached hydrogens (tertiary/aromatic N) is 3. The van der Waals surface area contributed by atoms with Crippen LogP contribution in [-0.4, -0.2) is 35.5 Å². The summed E-state index contributed by atoms with van der Waals surface area (Å²) >= 11 is 0. The zero-order valence-electron chi connectivity index (χ0n) is 11.4. The molecular formula is C13H24N4. The van der Waals surface area contributed by atoms with E-state index < -0.39 is 0 Å². The lowest BCUT2D eigenvalue weighted by Gasteiger charge is -2.18. The maximum absolute atomic E-state index is 4.41. The fraction of sp³-hybridized carbons (Fsp3) is 0.769. The minimum Gasteiger partial charge on any atom is -0.368 e. The van der Waals surface area contributed by atoms with Crippen molar-refractivity contribution < 1.29 is 0 Å². The molecule has 1 N–H and O–H groups in total. The van der Waals surface area contributed by atoms with Crippen LogP contribution in [0.3, 0.4) is 0 Å². The molecule has 1 atom stereocenters. The summed E-state index contributed by atoms with van der Waals surface area (Å²) in [5.74, 6) is 0.775. The van der Waals surface area contributed by atoms with Crippen molar-refractivity contribution in [3.05, 3.63) is 11.9 Å². The first kappa shape index (κ1) is 12.4. The van der Waals surface area contributed by atoms with Gasteiger partial charge < -0.3 is 10.2 Å². The van der Waals surface area contributed by atoms with Crippen molar-refractivity contribution in [3.8, 4) is 0 Å². The first-order chi connectivity index (χ1) is 8.06. The molecule has 1 aromatic heterocycles. The Labute approximate surface area is 104 Å². The molecule has 96 valence electrons. The van der Waals surface area contributed by atoms with E-state index in [4.69, 9.17) is 0 Å². The highest BCUT2D eigenvalue weighted by Gasteiger charge is 2.24. The van der Waals surface area contributed by atoms with Gasteiger partial charge in [-0.1, -0.05) is 13.8 Å². The Morgan fingerprint density at radius 2 is 2.29 bits per heavy atom. The maximum atomic E-state index is 4.41. The highest BCUT2D eigenvalue weighted by molar-refractivity contribution is 5.49. The van der Waals surface area contributed by atoms with Crippen LogP contribution < -0.4 is 10.2 Å². The Hall–Kier alpha value is -1.03. The van der Waals surface area contributed by atoms with Crippen molar-refractivity contribution in [3.63, 3.8) is 0 Å². The van der Waals surface area contributed by atoms with Crippen LogP contribution in [-0.2, 0) is 7.05 Å². The van der Waals surface area contributed by atoms with Crippen molar-refractivity contribution in [1.82, 2.24) is 15.1 Å². The predicted octanol–water partition coefficient (Wildman–Crippen LogP) is 1.55. The van der Waals surface area contributed by atoms with Crippen molar-refractivity contribution in [1.29, 1.82) is 0 Å². The normalized spacial score (nSPS) is 20.5. The topological polar surface area (TPSA) is 33.1 Å². The van der Waals surface area contributed by atoms with Crippen LogP contribution in [0.15, 0.2) is 6.20 Å². The van der Waals surface area contributed by atoms with Gasteiger partial charge in [0.2, 0.25) is 0 Å². The Morgan fingerprint density at radius 3 is 2.88 bits per heavy atom. The summed E-state index contributed by atoms with van der Waals surface area (Å²) in [6, 6.07) is 0.587. The zero-order chi connectivity index (χ0) is 12.4. The Kier molecular flexibility index (Phi) is 3.72. The number of aryl methyl sites for hydroxylation is 2. The fourth-order valence-electron chi connectivity index (χ4n) is 2.52. The van der Waals surface area contributed by atoms with Gasteiger partial charge in [-0.25, -0.2) is 0 Å². The lowest BCUT2D eigenvalue weighted by Crippen LogP contribution is -2.30. The van der Waals surface area contributed by atoms with E-state index in [0.717, 1.165) is 31.2 Å². The van der Waals surface area contributed by atoms with Crippen molar-refractivity contribution >= 4 is 5.69 Å². The molecule has 2 rings (SSSR count). The van der Waals surface area contributed by atoms with E-state index in [1.165, 1.54) is 12.1 Å². The molecule has 0 spiro atoms. The van der Waals surface area contributed by atoms with Gasteiger partial charge in [0.1, 0.15) is 0 Å². The van der Waals surface area contributed by atoms with Gasteiger partial charge in [0.25, 0.3) is 0 Å². The third-order valence-electron chi connectivity index (χ3n) is 3.43. The molecule has 0 saturated carbocycles. The van der Waals surface area contributed by atoms with E-state index in [1.54, 1.807) is 0 Å². The Balaban J connectivity index is 1.91. The predicted molar refractivity (Wildman–Crippen MR) is 71.4 cm³/mol. The second-order valence-corrected chi connectivity index (χ2v) is 5.44. The van der Waals surface area contributed by atoms with Gasteiger partial charge in [0, 0.05) is 32.4 Å². The van der Waals surface area contributed by atoms with Crippen molar-refractivity contribution in [2.24, 2.45) is 13.0 Å². The van der Waals surface area contributed by atoms with Crippen LogP contribution in [0.1, 0.15) is 26.0 Å². The van der Waals surface area contributed by atoms with E-state index in [0.29, 0.717) is 6.04 Å². The van der Waals surface area contributed by atoms with Gasteiger partial charge in [0.15, 0.2) is 0 Å². The van der Waals surface area contributed by atoms with Gasteiger partial charge in [0.05, 0.1) is 11.4 Å². The van der Waals surface area contributed by atoms with Crippen molar-refractivity contribution in [2.75, 3.05) is 24.5 Å². The molecular weight excluding hydrogens is 212 g/mol. The molecule has 17 heavy (non-hydrogen) atoms. The number of hydrogen-bond acceptors (Lipinski definition) is 3. The molecule has 0 bridgehead atoms. The summed E-state index contributed by atoms with van der Waals surface area (Å²) < 4.78 is 1.91. The van der Waals surface area contributed by atoms with E-state index in [-0.39, 0.29) is 0 Å². The minimum absolute atomic E-state index is 0.587. The molecule has 0 aliphatic carbocycles. The SMILES string of the molecule is Cc1nn(C)cc1N1CCC(CNC(C)C)C1. The average molecular weight is 236 g/mol. The second-order valence-electron chi connectivity index (χ2n) is 5.44. The largest absolute Gasteiger partial charge is 0.368 e. The number of rotatable bonds is 4. The van der Waals surface area contributed by atoms with Crippen LogP contribution in [0.5, 0.6) is 0 Å². The molecule has 0 aromatic carbocycles. The van der Waals surface area contributed by atoms with Crippen LogP contribution in [0.4, 0.5) is 5.69 Å². The number of nitrogens with one attached hydrogen (secondary N) is 1. The summed E-state index contributed by atoms with van der Waals surface area (Å²) in [7, 11) is 1.99. The van der Waals surface area contributed by atoms with Gasteiger partial charge in [-0.15, -0.1) is 0 Å². The monoisotopic (exact) mass is 236 g/mol. The third kappa shape index (κ3) is 3.00. The smallest absolute Gasteiger partial charge is 0.0827 e. The summed E-state index contributed by atoms with van der Waals surface area (Å²) in [6.45, 7) is 9.96. The first-order valence-corrected chi connectivity index (χ1v) is 6.55. The molecule has 4 heteroatoms. The number of anilines is 1. The fourth-order valence-corrected chi connectivity index (χ4v) is 2.52. The van der Waals surface area contributed by atoms with E-state index >= 15 is 0 Å². The minimum atomic E-state index is 0.587. The van der Waals surface area contributed by atoms with E-state index in [2.05, 4.69) is 42.3 Å². The summed E-state index contributed by atoms with van der Waals surface area (Å²) in [6.07, 6.45) is 3.42. The maximum Gasteiger partial charge on any atom is 0.0827 e. The molecule has 1 saturated heterocycles. The Morgan fingerprint density at radius 1 is 1.53 bits per heavy atom. The second kappa shape index (κ2) is 5.08. The molecule has 1 aliphatic rings. The van der Waals surface area contributed by atoms with E-state index in [1.807, 2.05) is 11.7 Å². The first-order valence-electron chi connectivity index (χ1n) is 6.55. The third-order valence-corrected chi connectivity index (χ3v) is 3.43. The molecule has 1 unspecified atom stereocenters.